The predicted octanol–water partition coefficient (Wildman–Crippen LogP) is 7.80. The smallest absolute Gasteiger partial charge is 0.119 e. The average Bonchev–Trinajstić information content (AvgIpc) is 2.83. The highest BCUT2D eigenvalue weighted by Gasteiger charge is 2.21. The summed E-state index contributed by atoms with van der Waals surface area (Å²) in [7, 11) is 0. The van der Waals surface area contributed by atoms with E-state index in [1.165, 1.54) is 43.2 Å². The molecule has 2 aromatic rings. The molecular formula is C28H37NO2. The molecule has 0 amide bonds. The number of rotatable bonds is 12. The van der Waals surface area contributed by atoms with Gasteiger partial charge in [0.25, 0.3) is 0 Å². The van der Waals surface area contributed by atoms with E-state index in [-0.39, 0.29) is 5.92 Å². The molecule has 3 nitrogen and oxygen atoms in total. The second-order valence-corrected chi connectivity index (χ2v) is 8.82. The van der Waals surface area contributed by atoms with E-state index in [1.807, 2.05) is 0 Å². The van der Waals surface area contributed by atoms with E-state index in [1.54, 1.807) is 0 Å². The number of hydrogen-bond acceptors (Lipinski definition) is 3. The molecule has 166 valence electrons. The van der Waals surface area contributed by atoms with E-state index in [2.05, 4.69) is 61.5 Å². The van der Waals surface area contributed by atoms with E-state index >= 15 is 0 Å². The molecule has 0 saturated heterocycles. The van der Waals surface area contributed by atoms with Crippen molar-refractivity contribution < 1.29 is 9.47 Å². The van der Waals surface area contributed by atoms with Crippen LogP contribution in [-0.2, 0) is 0 Å². The molecule has 2 aromatic carbocycles. The molecule has 1 aliphatic rings. The SMILES string of the molecule is CCCCCCCCOc1ccc(-c2ccc(OC[C@H]3CC[C@H](C#N)CC3)cc2)cc1. The zero-order chi connectivity index (χ0) is 21.7. The van der Waals surface area contributed by atoms with E-state index < -0.39 is 0 Å². The largest absolute Gasteiger partial charge is 0.494 e. The molecule has 1 aliphatic carbocycles. The maximum Gasteiger partial charge on any atom is 0.119 e. The van der Waals surface area contributed by atoms with Crippen LogP contribution in [0.2, 0.25) is 0 Å². The molecule has 31 heavy (non-hydrogen) atoms. The van der Waals surface area contributed by atoms with Crippen molar-refractivity contribution in [1.82, 2.24) is 0 Å². The minimum absolute atomic E-state index is 0.253. The fourth-order valence-corrected chi connectivity index (χ4v) is 4.23. The van der Waals surface area contributed by atoms with Gasteiger partial charge in [-0.3, -0.25) is 0 Å². The minimum Gasteiger partial charge on any atom is -0.494 e. The monoisotopic (exact) mass is 419 g/mol. The summed E-state index contributed by atoms with van der Waals surface area (Å²) >= 11 is 0. The first-order valence-electron chi connectivity index (χ1n) is 12.1. The van der Waals surface area contributed by atoms with Gasteiger partial charge in [0, 0.05) is 5.92 Å². The summed E-state index contributed by atoms with van der Waals surface area (Å²) in [4.78, 5) is 0. The van der Waals surface area contributed by atoms with Crippen LogP contribution >= 0.6 is 0 Å². The summed E-state index contributed by atoms with van der Waals surface area (Å²) in [6, 6.07) is 19.1. The lowest BCUT2D eigenvalue weighted by Crippen LogP contribution is -2.19. The number of unbranched alkanes of at least 4 members (excludes halogenated alkanes) is 5. The van der Waals surface area contributed by atoms with Gasteiger partial charge >= 0.3 is 0 Å². The Morgan fingerprint density at radius 1 is 0.742 bits per heavy atom. The maximum absolute atomic E-state index is 9.01. The van der Waals surface area contributed by atoms with Crippen molar-refractivity contribution in [1.29, 1.82) is 5.26 Å². The van der Waals surface area contributed by atoms with Gasteiger partial charge in [-0.1, -0.05) is 63.3 Å². The van der Waals surface area contributed by atoms with Crippen LogP contribution in [0.25, 0.3) is 11.1 Å². The summed E-state index contributed by atoms with van der Waals surface area (Å²) in [5, 5.41) is 9.01. The van der Waals surface area contributed by atoms with E-state index in [4.69, 9.17) is 14.7 Å². The molecule has 0 N–H and O–H groups in total. The molecular weight excluding hydrogens is 382 g/mol. The summed E-state index contributed by atoms with van der Waals surface area (Å²) in [5.41, 5.74) is 2.37. The topological polar surface area (TPSA) is 42.2 Å². The Hall–Kier alpha value is -2.47. The normalized spacial score (nSPS) is 18.3. The summed E-state index contributed by atoms with van der Waals surface area (Å²) in [6.07, 6.45) is 11.9. The lowest BCUT2D eigenvalue weighted by molar-refractivity contribution is 0.196. The number of benzene rings is 2. The molecule has 1 fully saturated rings. The Kier molecular flexibility index (Phi) is 9.77. The first kappa shape index (κ1) is 23.2. The molecule has 0 spiro atoms. The first-order chi connectivity index (χ1) is 15.3. The Morgan fingerprint density at radius 2 is 1.29 bits per heavy atom. The summed E-state index contributed by atoms with van der Waals surface area (Å²) < 4.78 is 11.9. The van der Waals surface area contributed by atoms with E-state index in [0.29, 0.717) is 5.92 Å². The van der Waals surface area contributed by atoms with E-state index in [9.17, 15) is 0 Å². The van der Waals surface area contributed by atoms with Crippen molar-refractivity contribution in [3.05, 3.63) is 48.5 Å². The molecule has 0 unspecified atom stereocenters. The van der Waals surface area contributed by atoms with Crippen LogP contribution in [0, 0.1) is 23.2 Å². The molecule has 0 aromatic heterocycles. The highest BCUT2D eigenvalue weighted by Crippen LogP contribution is 2.29. The van der Waals surface area contributed by atoms with Gasteiger partial charge in [0.15, 0.2) is 0 Å². The van der Waals surface area contributed by atoms with Gasteiger partial charge < -0.3 is 9.47 Å². The van der Waals surface area contributed by atoms with Gasteiger partial charge in [0.05, 0.1) is 19.3 Å². The molecule has 0 atom stereocenters. The van der Waals surface area contributed by atoms with Crippen LogP contribution < -0.4 is 9.47 Å². The Labute approximate surface area is 188 Å². The quantitative estimate of drug-likeness (QED) is 0.330. The molecule has 3 heteroatoms. The average molecular weight is 420 g/mol. The zero-order valence-electron chi connectivity index (χ0n) is 19.0. The van der Waals surface area contributed by atoms with Gasteiger partial charge in [-0.25, -0.2) is 0 Å². The summed E-state index contributed by atoms with van der Waals surface area (Å²) in [6.45, 7) is 3.80. The van der Waals surface area contributed by atoms with Crippen LogP contribution in [0.1, 0.15) is 71.1 Å². The second kappa shape index (κ2) is 13.1. The standard InChI is InChI=1S/C28H37NO2/c1-2-3-4-5-6-7-20-30-27-16-12-25(13-17-27)26-14-18-28(19-15-26)31-22-24-10-8-23(21-29)9-11-24/h12-19,23-24H,2-11,20,22H2,1H3/t23-,24-. The van der Waals surface area contributed by atoms with Gasteiger partial charge in [-0.2, -0.15) is 5.26 Å². The molecule has 1 saturated carbocycles. The van der Waals surface area contributed by atoms with Crippen LogP contribution in [0.4, 0.5) is 0 Å². The summed E-state index contributed by atoms with van der Waals surface area (Å²) in [5.74, 6) is 2.70. The Balaban J connectivity index is 1.39. The highest BCUT2D eigenvalue weighted by molar-refractivity contribution is 5.64. The lowest BCUT2D eigenvalue weighted by Gasteiger charge is -2.24. The zero-order valence-corrected chi connectivity index (χ0v) is 19.0. The Morgan fingerprint density at radius 3 is 1.87 bits per heavy atom. The van der Waals surface area contributed by atoms with Crippen molar-refractivity contribution in [2.75, 3.05) is 13.2 Å². The van der Waals surface area contributed by atoms with Crippen molar-refractivity contribution in [2.24, 2.45) is 11.8 Å². The van der Waals surface area contributed by atoms with Crippen molar-refractivity contribution in [3.8, 4) is 28.7 Å². The predicted molar refractivity (Wildman–Crippen MR) is 127 cm³/mol. The van der Waals surface area contributed by atoms with Gasteiger partial charge in [-0.05, 0) is 73.4 Å². The van der Waals surface area contributed by atoms with Crippen LogP contribution in [-0.4, -0.2) is 13.2 Å². The second-order valence-electron chi connectivity index (χ2n) is 8.82. The van der Waals surface area contributed by atoms with Crippen molar-refractivity contribution >= 4 is 0 Å². The van der Waals surface area contributed by atoms with E-state index in [0.717, 1.165) is 56.8 Å². The number of hydrogen-bond donors (Lipinski definition) is 0. The lowest BCUT2D eigenvalue weighted by atomic mass is 9.83. The van der Waals surface area contributed by atoms with Crippen LogP contribution in [0.3, 0.4) is 0 Å². The molecule has 0 bridgehead atoms. The fourth-order valence-electron chi connectivity index (χ4n) is 4.23. The first-order valence-corrected chi connectivity index (χ1v) is 12.1. The molecule has 0 radical (unpaired) electrons. The third-order valence-electron chi connectivity index (χ3n) is 6.32. The van der Waals surface area contributed by atoms with Crippen molar-refractivity contribution in [2.45, 2.75) is 71.1 Å². The van der Waals surface area contributed by atoms with Crippen LogP contribution in [0.5, 0.6) is 11.5 Å². The van der Waals surface area contributed by atoms with Gasteiger partial charge in [0.2, 0.25) is 0 Å². The Bertz CT molecular complexity index is 783. The third kappa shape index (κ3) is 7.94. The number of nitrogens with zero attached hydrogens (tertiary/aromatic N) is 1. The van der Waals surface area contributed by atoms with Crippen LogP contribution in [0.15, 0.2) is 48.5 Å². The number of ether oxygens (including phenoxy) is 2. The maximum atomic E-state index is 9.01. The highest BCUT2D eigenvalue weighted by atomic mass is 16.5. The third-order valence-corrected chi connectivity index (χ3v) is 6.32. The van der Waals surface area contributed by atoms with Gasteiger partial charge in [-0.15, -0.1) is 0 Å². The molecule has 0 heterocycles. The number of nitriles is 1. The fraction of sp³-hybridized carbons (Fsp3) is 0.536. The molecule has 0 aliphatic heterocycles. The van der Waals surface area contributed by atoms with Gasteiger partial charge in [0.1, 0.15) is 11.5 Å². The molecule has 3 rings (SSSR count). The van der Waals surface area contributed by atoms with Crippen molar-refractivity contribution in [3.63, 3.8) is 0 Å². The minimum atomic E-state index is 0.253.